The fourth-order valence-electron chi connectivity index (χ4n) is 5.38. The Labute approximate surface area is 244 Å². The molecule has 0 aromatic heterocycles. The molecule has 3 aromatic rings. The number of anilines is 1. The van der Waals surface area contributed by atoms with E-state index in [4.69, 9.17) is 0 Å². The fourth-order valence-corrected chi connectivity index (χ4v) is 6.80. The SMILES string of the molecule is Cc1ccc(CN(C(=O)CN(c2cc(C)cc(C)c2)S(=O)(=O)c2ccccc2)[C@H](C)C(=O)NC2CCCCC2)cc1. The molecule has 0 saturated heterocycles. The zero-order valence-corrected chi connectivity index (χ0v) is 25.3. The second kappa shape index (κ2) is 13.3. The van der Waals surface area contributed by atoms with E-state index >= 15 is 0 Å². The standard InChI is InChI=1S/C33H41N3O4S/c1-24-15-17-28(18-16-24)22-35(27(4)33(38)34-29-11-7-5-8-12-29)32(37)23-36(30-20-25(2)19-26(3)21-30)41(39,40)31-13-9-6-10-14-31/h6,9-10,13-21,27,29H,5,7-8,11-12,22-23H2,1-4H3,(H,34,38)/t27-/m1/s1. The van der Waals surface area contributed by atoms with Gasteiger partial charge in [-0.1, -0.05) is 73.4 Å². The van der Waals surface area contributed by atoms with Crippen LogP contribution < -0.4 is 9.62 Å². The van der Waals surface area contributed by atoms with Crippen LogP contribution in [0.25, 0.3) is 0 Å². The van der Waals surface area contributed by atoms with Gasteiger partial charge in [-0.3, -0.25) is 13.9 Å². The van der Waals surface area contributed by atoms with E-state index in [1.807, 2.05) is 51.1 Å². The minimum Gasteiger partial charge on any atom is -0.352 e. The van der Waals surface area contributed by atoms with Crippen LogP contribution in [0.4, 0.5) is 5.69 Å². The van der Waals surface area contributed by atoms with Crippen LogP contribution in [0.3, 0.4) is 0 Å². The number of hydrogen-bond donors (Lipinski definition) is 1. The lowest BCUT2D eigenvalue weighted by Gasteiger charge is -2.33. The number of aryl methyl sites for hydroxylation is 3. The van der Waals surface area contributed by atoms with Crippen molar-refractivity contribution in [1.82, 2.24) is 10.2 Å². The van der Waals surface area contributed by atoms with E-state index in [1.165, 1.54) is 27.8 Å². The van der Waals surface area contributed by atoms with Crippen molar-refractivity contribution >= 4 is 27.5 Å². The number of carbonyl (C=O) groups is 2. The van der Waals surface area contributed by atoms with Gasteiger partial charge >= 0.3 is 0 Å². The summed E-state index contributed by atoms with van der Waals surface area (Å²) in [5, 5.41) is 3.14. The zero-order chi connectivity index (χ0) is 29.6. The summed E-state index contributed by atoms with van der Waals surface area (Å²) >= 11 is 0. The molecular weight excluding hydrogens is 534 g/mol. The fraction of sp³-hybridized carbons (Fsp3) is 0.394. The molecule has 1 aliphatic carbocycles. The molecular formula is C33H41N3O4S. The maximum atomic E-state index is 14.1. The second-order valence-electron chi connectivity index (χ2n) is 11.2. The molecule has 3 aromatic carbocycles. The van der Waals surface area contributed by atoms with E-state index in [-0.39, 0.29) is 23.4 Å². The molecule has 0 aliphatic heterocycles. The minimum atomic E-state index is -4.08. The van der Waals surface area contributed by atoms with Gasteiger partial charge in [-0.2, -0.15) is 0 Å². The number of benzene rings is 3. The molecule has 1 saturated carbocycles. The maximum Gasteiger partial charge on any atom is 0.264 e. The number of rotatable bonds is 10. The van der Waals surface area contributed by atoms with Gasteiger partial charge in [-0.25, -0.2) is 8.42 Å². The highest BCUT2D eigenvalue weighted by atomic mass is 32.2. The number of amides is 2. The Kier molecular flexibility index (Phi) is 9.86. The molecule has 1 fully saturated rings. The van der Waals surface area contributed by atoms with Gasteiger partial charge in [-0.05, 0) is 81.5 Å². The van der Waals surface area contributed by atoms with Crippen LogP contribution in [-0.2, 0) is 26.2 Å². The van der Waals surface area contributed by atoms with Crippen LogP contribution >= 0.6 is 0 Å². The molecule has 0 unspecified atom stereocenters. The monoisotopic (exact) mass is 575 g/mol. The van der Waals surface area contributed by atoms with Gasteiger partial charge in [0.1, 0.15) is 12.6 Å². The normalized spacial score (nSPS) is 14.7. The van der Waals surface area contributed by atoms with Crippen LogP contribution in [0, 0.1) is 20.8 Å². The summed E-state index contributed by atoms with van der Waals surface area (Å²) in [5.74, 6) is -0.670. The maximum absolute atomic E-state index is 14.1. The van der Waals surface area contributed by atoms with E-state index < -0.39 is 28.5 Å². The van der Waals surface area contributed by atoms with Crippen molar-refractivity contribution in [3.63, 3.8) is 0 Å². The highest BCUT2D eigenvalue weighted by molar-refractivity contribution is 7.92. The molecule has 8 heteroatoms. The molecule has 7 nitrogen and oxygen atoms in total. The Hall–Kier alpha value is -3.65. The number of carbonyl (C=O) groups excluding carboxylic acids is 2. The number of sulfonamides is 1. The molecule has 218 valence electrons. The average molecular weight is 576 g/mol. The van der Waals surface area contributed by atoms with E-state index in [0.29, 0.717) is 5.69 Å². The smallest absolute Gasteiger partial charge is 0.264 e. The number of nitrogens with one attached hydrogen (secondary N) is 1. The largest absolute Gasteiger partial charge is 0.352 e. The third-order valence-corrected chi connectivity index (χ3v) is 9.48. The predicted molar refractivity (Wildman–Crippen MR) is 163 cm³/mol. The summed E-state index contributed by atoms with van der Waals surface area (Å²) in [5.41, 5.74) is 4.14. The van der Waals surface area contributed by atoms with Gasteiger partial charge in [0.2, 0.25) is 11.8 Å². The van der Waals surface area contributed by atoms with Crippen LogP contribution in [-0.4, -0.2) is 43.8 Å². The van der Waals surface area contributed by atoms with Crippen LogP contribution in [0.5, 0.6) is 0 Å². The average Bonchev–Trinajstić information content (AvgIpc) is 2.95. The van der Waals surface area contributed by atoms with Crippen molar-refractivity contribution < 1.29 is 18.0 Å². The number of hydrogen-bond acceptors (Lipinski definition) is 4. The van der Waals surface area contributed by atoms with Crippen molar-refractivity contribution in [1.29, 1.82) is 0 Å². The molecule has 0 heterocycles. The first-order chi connectivity index (χ1) is 19.5. The van der Waals surface area contributed by atoms with Gasteiger partial charge in [-0.15, -0.1) is 0 Å². The van der Waals surface area contributed by atoms with E-state index in [2.05, 4.69) is 5.32 Å². The third-order valence-electron chi connectivity index (χ3n) is 7.70. The highest BCUT2D eigenvalue weighted by Crippen LogP contribution is 2.27. The molecule has 0 spiro atoms. The summed E-state index contributed by atoms with van der Waals surface area (Å²) < 4.78 is 29.1. The lowest BCUT2D eigenvalue weighted by atomic mass is 9.95. The predicted octanol–water partition coefficient (Wildman–Crippen LogP) is 5.67. The summed E-state index contributed by atoms with van der Waals surface area (Å²) in [6.07, 6.45) is 5.19. The van der Waals surface area contributed by atoms with Crippen molar-refractivity contribution in [2.45, 2.75) is 83.3 Å². The van der Waals surface area contributed by atoms with Gasteiger partial charge in [0.05, 0.1) is 10.6 Å². The Balaban J connectivity index is 1.68. The first kappa shape index (κ1) is 30.3. The summed E-state index contributed by atoms with van der Waals surface area (Å²) in [7, 11) is -4.08. The van der Waals surface area contributed by atoms with Gasteiger partial charge in [0.25, 0.3) is 10.0 Å². The minimum absolute atomic E-state index is 0.0973. The Bertz CT molecular complexity index is 1430. The Morgan fingerprint density at radius 1 is 0.854 bits per heavy atom. The van der Waals surface area contributed by atoms with E-state index in [0.717, 1.165) is 47.9 Å². The molecule has 1 aliphatic rings. The van der Waals surface area contributed by atoms with Gasteiger partial charge < -0.3 is 10.2 Å². The quantitative estimate of drug-likeness (QED) is 0.337. The molecule has 2 amide bonds. The third kappa shape index (κ3) is 7.76. The Morgan fingerprint density at radius 2 is 1.46 bits per heavy atom. The van der Waals surface area contributed by atoms with Crippen molar-refractivity contribution in [3.05, 3.63) is 95.1 Å². The molecule has 41 heavy (non-hydrogen) atoms. The van der Waals surface area contributed by atoms with Crippen LogP contribution in [0.2, 0.25) is 0 Å². The van der Waals surface area contributed by atoms with Crippen LogP contribution in [0.15, 0.2) is 77.7 Å². The first-order valence-corrected chi connectivity index (χ1v) is 15.8. The zero-order valence-electron chi connectivity index (χ0n) is 24.5. The van der Waals surface area contributed by atoms with Crippen molar-refractivity contribution in [2.75, 3.05) is 10.8 Å². The van der Waals surface area contributed by atoms with Crippen molar-refractivity contribution in [2.24, 2.45) is 0 Å². The van der Waals surface area contributed by atoms with E-state index in [1.54, 1.807) is 37.3 Å². The lowest BCUT2D eigenvalue weighted by molar-refractivity contribution is -0.139. The molecule has 1 N–H and O–H groups in total. The summed E-state index contributed by atoms with van der Waals surface area (Å²) in [6.45, 7) is 7.25. The highest BCUT2D eigenvalue weighted by Gasteiger charge is 2.33. The summed E-state index contributed by atoms with van der Waals surface area (Å²) in [4.78, 5) is 29.1. The Morgan fingerprint density at radius 3 is 2.07 bits per heavy atom. The second-order valence-corrected chi connectivity index (χ2v) is 13.1. The van der Waals surface area contributed by atoms with Crippen LogP contribution in [0.1, 0.15) is 61.3 Å². The molecule has 4 rings (SSSR count). The summed E-state index contributed by atoms with van der Waals surface area (Å²) in [6, 6.07) is 20.7. The van der Waals surface area contributed by atoms with E-state index in [9.17, 15) is 18.0 Å². The topological polar surface area (TPSA) is 86.8 Å². The molecule has 0 bridgehead atoms. The number of nitrogens with zero attached hydrogens (tertiary/aromatic N) is 2. The lowest BCUT2D eigenvalue weighted by Crippen LogP contribution is -2.53. The molecule has 1 atom stereocenters. The first-order valence-electron chi connectivity index (χ1n) is 14.4. The molecule has 0 radical (unpaired) electrons. The van der Waals surface area contributed by atoms with Crippen molar-refractivity contribution in [3.8, 4) is 0 Å². The van der Waals surface area contributed by atoms with Gasteiger partial charge in [0.15, 0.2) is 0 Å². The van der Waals surface area contributed by atoms with Gasteiger partial charge in [0, 0.05) is 12.6 Å².